The van der Waals surface area contributed by atoms with E-state index in [0.717, 1.165) is 26.4 Å². The summed E-state index contributed by atoms with van der Waals surface area (Å²) in [5.74, 6) is -3.49. The first kappa shape index (κ1) is 27.8. The lowest BCUT2D eigenvalue weighted by Crippen LogP contribution is -2.63. The molecule has 1 aliphatic heterocycles. The Hall–Kier alpha value is -1.26. The van der Waals surface area contributed by atoms with Gasteiger partial charge < -0.3 is 34.3 Å². The van der Waals surface area contributed by atoms with Crippen molar-refractivity contribution in [1.29, 1.82) is 0 Å². The van der Waals surface area contributed by atoms with Gasteiger partial charge in [0.2, 0.25) is 0 Å². The third kappa shape index (κ3) is 8.65. The van der Waals surface area contributed by atoms with Gasteiger partial charge in [-0.15, -0.1) is 0 Å². The smallest absolute Gasteiger partial charge is 0.366 e. The lowest BCUT2D eigenvalue weighted by Gasteiger charge is -2.45. The summed E-state index contributed by atoms with van der Waals surface area (Å²) in [7, 11) is 1.16. The monoisotopic (exact) mass is 448 g/mol. The maximum Gasteiger partial charge on any atom is 0.366 e. The van der Waals surface area contributed by atoms with Gasteiger partial charge in [-0.1, -0.05) is 52.9 Å². The molecule has 0 saturated carbocycles. The SMILES string of the molecule is CCCCCCCC(C)(C)CO[C@]1(C(=O)OC)C[C@@H](O)[C@@H](O)C([C@H](O)COC(C)=O)O1. The topological polar surface area (TPSA) is 132 Å². The number of unbranched alkanes of at least 4 members (excludes halogenated alkanes) is 4. The van der Waals surface area contributed by atoms with Crippen LogP contribution in [0.4, 0.5) is 0 Å². The van der Waals surface area contributed by atoms with E-state index in [9.17, 15) is 24.9 Å². The second-order valence-electron chi connectivity index (χ2n) is 9.08. The number of ether oxygens (including phenoxy) is 4. The van der Waals surface area contributed by atoms with Gasteiger partial charge >= 0.3 is 11.9 Å². The van der Waals surface area contributed by atoms with Crippen LogP contribution in [0.1, 0.15) is 72.6 Å². The molecule has 0 bridgehead atoms. The molecule has 1 aliphatic rings. The van der Waals surface area contributed by atoms with Crippen molar-refractivity contribution in [2.45, 2.75) is 103 Å². The molecule has 1 heterocycles. The van der Waals surface area contributed by atoms with Crippen LogP contribution < -0.4 is 0 Å². The van der Waals surface area contributed by atoms with Gasteiger partial charge in [-0.2, -0.15) is 0 Å². The molecule has 31 heavy (non-hydrogen) atoms. The van der Waals surface area contributed by atoms with Crippen LogP contribution in [0.3, 0.4) is 0 Å². The molecule has 0 spiro atoms. The van der Waals surface area contributed by atoms with Gasteiger partial charge in [0.05, 0.1) is 19.8 Å². The van der Waals surface area contributed by atoms with E-state index >= 15 is 0 Å². The molecule has 0 aromatic carbocycles. The number of aliphatic hydroxyl groups excluding tert-OH is 3. The molecular formula is C22H40O9. The highest BCUT2D eigenvalue weighted by molar-refractivity contribution is 5.78. The fraction of sp³-hybridized carbons (Fsp3) is 0.909. The number of esters is 2. The molecule has 0 aliphatic carbocycles. The average Bonchev–Trinajstić information content (AvgIpc) is 2.72. The molecule has 5 atom stereocenters. The zero-order valence-corrected chi connectivity index (χ0v) is 19.5. The number of aliphatic hydroxyl groups is 3. The van der Waals surface area contributed by atoms with E-state index in [-0.39, 0.29) is 18.4 Å². The molecule has 1 rings (SSSR count). The number of carbonyl (C=O) groups excluding carboxylic acids is 2. The Morgan fingerprint density at radius 2 is 1.84 bits per heavy atom. The predicted octanol–water partition coefficient (Wildman–Crippen LogP) is 1.69. The van der Waals surface area contributed by atoms with Crippen LogP contribution >= 0.6 is 0 Å². The summed E-state index contributed by atoms with van der Waals surface area (Å²) < 4.78 is 21.2. The van der Waals surface area contributed by atoms with E-state index in [2.05, 4.69) is 6.92 Å². The summed E-state index contributed by atoms with van der Waals surface area (Å²) >= 11 is 0. The number of methoxy groups -OCH3 is 1. The lowest BCUT2D eigenvalue weighted by molar-refractivity contribution is -0.329. The van der Waals surface area contributed by atoms with Crippen molar-refractivity contribution in [3.05, 3.63) is 0 Å². The van der Waals surface area contributed by atoms with Crippen LogP contribution in [0.5, 0.6) is 0 Å². The summed E-state index contributed by atoms with van der Waals surface area (Å²) in [4.78, 5) is 23.6. The normalized spacial score (nSPS) is 27.5. The first-order valence-corrected chi connectivity index (χ1v) is 11.1. The molecule has 1 saturated heterocycles. The summed E-state index contributed by atoms with van der Waals surface area (Å²) in [6.45, 7) is 7.04. The number of rotatable bonds is 13. The van der Waals surface area contributed by atoms with Crippen molar-refractivity contribution in [1.82, 2.24) is 0 Å². The number of hydrogen-bond donors (Lipinski definition) is 3. The Labute approximate surface area is 185 Å². The minimum atomic E-state index is -1.99. The zero-order valence-electron chi connectivity index (χ0n) is 19.5. The number of hydrogen-bond acceptors (Lipinski definition) is 9. The molecule has 1 unspecified atom stereocenters. The zero-order chi connectivity index (χ0) is 23.7. The summed E-state index contributed by atoms with van der Waals surface area (Å²) in [6, 6.07) is 0. The van der Waals surface area contributed by atoms with Gasteiger partial charge in [-0.25, -0.2) is 4.79 Å². The first-order chi connectivity index (χ1) is 14.5. The van der Waals surface area contributed by atoms with Crippen molar-refractivity contribution < 1.29 is 43.9 Å². The molecule has 9 nitrogen and oxygen atoms in total. The van der Waals surface area contributed by atoms with Gasteiger partial charge in [0.25, 0.3) is 5.79 Å². The van der Waals surface area contributed by atoms with Crippen LogP contribution in [-0.4, -0.2) is 77.8 Å². The minimum Gasteiger partial charge on any atom is -0.465 e. The second-order valence-corrected chi connectivity index (χ2v) is 9.08. The second kappa shape index (κ2) is 12.7. The maximum atomic E-state index is 12.6. The highest BCUT2D eigenvalue weighted by Gasteiger charge is 2.55. The number of carbonyl (C=O) groups is 2. The Morgan fingerprint density at radius 1 is 1.19 bits per heavy atom. The summed E-state index contributed by atoms with van der Waals surface area (Å²) in [5, 5.41) is 31.0. The minimum absolute atomic E-state index is 0.144. The third-order valence-corrected chi connectivity index (χ3v) is 5.52. The Balaban J connectivity index is 2.88. The van der Waals surface area contributed by atoms with Gasteiger partial charge in [0.1, 0.15) is 24.9 Å². The van der Waals surface area contributed by atoms with Crippen molar-refractivity contribution in [2.75, 3.05) is 20.3 Å². The standard InChI is InChI=1S/C22H40O9/c1-6-7-8-9-10-11-21(3,4)14-30-22(20(27)28-5)12-16(24)18(26)19(31-22)17(25)13-29-15(2)23/h16-19,24-26H,6-14H2,1-5H3/t16-,17-,18-,19?,22-/m1/s1. The molecule has 0 amide bonds. The Kier molecular flexibility index (Phi) is 11.4. The fourth-order valence-electron chi connectivity index (χ4n) is 3.59. The molecule has 0 aromatic heterocycles. The van der Waals surface area contributed by atoms with Crippen LogP contribution in [0.25, 0.3) is 0 Å². The van der Waals surface area contributed by atoms with Crippen molar-refractivity contribution in [3.63, 3.8) is 0 Å². The van der Waals surface area contributed by atoms with Crippen molar-refractivity contribution >= 4 is 11.9 Å². The van der Waals surface area contributed by atoms with Gasteiger partial charge in [0, 0.05) is 13.3 Å². The molecule has 0 radical (unpaired) electrons. The van der Waals surface area contributed by atoms with Crippen molar-refractivity contribution in [3.8, 4) is 0 Å². The highest BCUT2D eigenvalue weighted by atomic mass is 16.7. The summed E-state index contributed by atoms with van der Waals surface area (Å²) in [6.07, 6.45) is 0.389. The van der Waals surface area contributed by atoms with Gasteiger partial charge in [-0.05, 0) is 11.8 Å². The largest absolute Gasteiger partial charge is 0.465 e. The molecule has 182 valence electrons. The van der Waals surface area contributed by atoms with Crippen molar-refractivity contribution in [2.24, 2.45) is 5.41 Å². The molecule has 0 aromatic rings. The van der Waals surface area contributed by atoms with E-state index in [1.165, 1.54) is 26.2 Å². The van der Waals surface area contributed by atoms with Crippen LogP contribution in [0.15, 0.2) is 0 Å². The molecular weight excluding hydrogens is 408 g/mol. The molecule has 3 N–H and O–H groups in total. The predicted molar refractivity (Wildman–Crippen MR) is 112 cm³/mol. The van der Waals surface area contributed by atoms with Gasteiger partial charge in [-0.3, -0.25) is 4.79 Å². The quantitative estimate of drug-likeness (QED) is 0.284. The van der Waals surface area contributed by atoms with E-state index in [1.807, 2.05) is 13.8 Å². The van der Waals surface area contributed by atoms with Gasteiger partial charge in [0.15, 0.2) is 0 Å². The highest BCUT2D eigenvalue weighted by Crippen LogP contribution is 2.36. The Bertz CT molecular complexity index is 565. The fourth-order valence-corrected chi connectivity index (χ4v) is 3.59. The van der Waals surface area contributed by atoms with E-state index in [0.29, 0.717) is 0 Å². The van der Waals surface area contributed by atoms with Crippen LogP contribution in [0.2, 0.25) is 0 Å². The van der Waals surface area contributed by atoms with E-state index in [4.69, 9.17) is 18.9 Å². The third-order valence-electron chi connectivity index (χ3n) is 5.52. The maximum absolute atomic E-state index is 12.6. The van der Waals surface area contributed by atoms with E-state index in [1.54, 1.807) is 0 Å². The average molecular weight is 449 g/mol. The first-order valence-electron chi connectivity index (χ1n) is 11.1. The Morgan fingerprint density at radius 3 is 2.42 bits per heavy atom. The van der Waals surface area contributed by atoms with E-state index < -0.39 is 48.7 Å². The lowest BCUT2D eigenvalue weighted by atomic mass is 9.87. The van der Waals surface area contributed by atoms with Crippen LogP contribution in [0, 0.1) is 5.41 Å². The summed E-state index contributed by atoms with van der Waals surface area (Å²) in [5.41, 5.74) is -0.274. The molecule has 1 fully saturated rings. The molecule has 9 heteroatoms. The van der Waals surface area contributed by atoms with Crippen LogP contribution in [-0.2, 0) is 28.5 Å².